The van der Waals surface area contributed by atoms with Gasteiger partial charge in [-0.3, -0.25) is 4.79 Å². The van der Waals surface area contributed by atoms with Gasteiger partial charge in [-0.25, -0.2) is 0 Å². The predicted octanol–water partition coefficient (Wildman–Crippen LogP) is 3.74. The van der Waals surface area contributed by atoms with E-state index in [2.05, 4.69) is 6.58 Å². The quantitative estimate of drug-likeness (QED) is 0.479. The number of hydrogen-bond acceptors (Lipinski definition) is 5. The van der Waals surface area contributed by atoms with Crippen molar-refractivity contribution in [1.82, 2.24) is 0 Å². The fourth-order valence-electron chi connectivity index (χ4n) is 2.76. The standard InChI is InChI=1S/C21H32O5/c1-7-19(22)26-21(14(2)3)16(5)20(23)15(4)12-25-13-17-8-10-18(24-6)11-9-17/h8-11,15-16,20-21,23H,2,7,12-13H2,1,3-6H3/t15-,16+,20-,21-/m0/s1. The van der Waals surface area contributed by atoms with Crippen molar-refractivity contribution in [3.05, 3.63) is 42.0 Å². The zero-order valence-electron chi connectivity index (χ0n) is 16.5. The topological polar surface area (TPSA) is 65.0 Å². The highest BCUT2D eigenvalue weighted by atomic mass is 16.5. The summed E-state index contributed by atoms with van der Waals surface area (Å²) in [6.45, 7) is 12.1. The molecule has 5 nitrogen and oxygen atoms in total. The number of rotatable bonds is 11. The van der Waals surface area contributed by atoms with Crippen molar-refractivity contribution < 1.29 is 24.1 Å². The van der Waals surface area contributed by atoms with Crippen LogP contribution >= 0.6 is 0 Å². The van der Waals surface area contributed by atoms with E-state index in [1.165, 1.54) is 0 Å². The third kappa shape index (κ3) is 6.81. The largest absolute Gasteiger partial charge is 0.497 e. The van der Waals surface area contributed by atoms with Gasteiger partial charge in [-0.15, -0.1) is 0 Å². The van der Waals surface area contributed by atoms with Crippen molar-refractivity contribution >= 4 is 5.97 Å². The van der Waals surface area contributed by atoms with Gasteiger partial charge in [0, 0.05) is 18.3 Å². The lowest BCUT2D eigenvalue weighted by Gasteiger charge is -2.31. The fourth-order valence-corrected chi connectivity index (χ4v) is 2.76. The molecule has 4 atom stereocenters. The molecule has 0 saturated heterocycles. The SMILES string of the molecule is C=C(C)[C@H](OC(=O)CC)[C@H](C)[C@@H](O)[C@@H](C)COCc1ccc(OC)cc1. The van der Waals surface area contributed by atoms with Crippen LogP contribution in [0.15, 0.2) is 36.4 Å². The molecule has 1 aromatic rings. The maximum absolute atomic E-state index is 11.6. The summed E-state index contributed by atoms with van der Waals surface area (Å²) < 4.78 is 16.3. The van der Waals surface area contributed by atoms with Gasteiger partial charge in [-0.1, -0.05) is 39.5 Å². The molecule has 0 aliphatic rings. The first-order valence-corrected chi connectivity index (χ1v) is 9.03. The van der Waals surface area contributed by atoms with Gasteiger partial charge in [-0.05, 0) is 30.2 Å². The molecule has 1 aromatic carbocycles. The highest BCUT2D eigenvalue weighted by Gasteiger charge is 2.31. The monoisotopic (exact) mass is 364 g/mol. The van der Waals surface area contributed by atoms with Crippen molar-refractivity contribution in [2.75, 3.05) is 13.7 Å². The van der Waals surface area contributed by atoms with E-state index in [1.54, 1.807) is 14.0 Å². The zero-order valence-corrected chi connectivity index (χ0v) is 16.5. The van der Waals surface area contributed by atoms with Crippen molar-refractivity contribution in [1.29, 1.82) is 0 Å². The van der Waals surface area contributed by atoms with Gasteiger partial charge in [0.2, 0.25) is 0 Å². The lowest BCUT2D eigenvalue weighted by molar-refractivity contribution is -0.151. The Morgan fingerprint density at radius 3 is 2.35 bits per heavy atom. The Labute approximate surface area is 157 Å². The van der Waals surface area contributed by atoms with Crippen LogP contribution in [0.25, 0.3) is 0 Å². The molecule has 1 N–H and O–H groups in total. The Morgan fingerprint density at radius 1 is 1.23 bits per heavy atom. The number of hydrogen-bond donors (Lipinski definition) is 1. The lowest BCUT2D eigenvalue weighted by atomic mass is 9.87. The van der Waals surface area contributed by atoms with E-state index in [-0.39, 0.29) is 17.8 Å². The molecule has 0 fully saturated rings. The summed E-state index contributed by atoms with van der Waals surface area (Å²) in [4.78, 5) is 11.6. The van der Waals surface area contributed by atoms with Crippen molar-refractivity contribution in [2.24, 2.45) is 11.8 Å². The summed E-state index contributed by atoms with van der Waals surface area (Å²) in [5, 5.41) is 10.6. The molecule has 0 aromatic heterocycles. The maximum Gasteiger partial charge on any atom is 0.306 e. The molecule has 0 spiro atoms. The first-order valence-electron chi connectivity index (χ1n) is 9.03. The lowest BCUT2D eigenvalue weighted by Crippen LogP contribution is -2.38. The first-order chi connectivity index (χ1) is 12.3. The molecule has 0 saturated carbocycles. The molecule has 5 heteroatoms. The van der Waals surface area contributed by atoms with Crippen LogP contribution < -0.4 is 4.74 Å². The van der Waals surface area contributed by atoms with Crippen LogP contribution in [0.4, 0.5) is 0 Å². The second-order valence-electron chi connectivity index (χ2n) is 6.80. The summed E-state index contributed by atoms with van der Waals surface area (Å²) in [5.74, 6) is 0.146. The second-order valence-corrected chi connectivity index (χ2v) is 6.80. The zero-order chi connectivity index (χ0) is 19.7. The van der Waals surface area contributed by atoms with Gasteiger partial charge < -0.3 is 19.3 Å². The molecule has 0 aliphatic carbocycles. The van der Waals surface area contributed by atoms with Crippen LogP contribution in [-0.4, -0.2) is 37.0 Å². The van der Waals surface area contributed by atoms with Gasteiger partial charge in [0.15, 0.2) is 0 Å². The fraction of sp³-hybridized carbons (Fsp3) is 0.571. The third-order valence-electron chi connectivity index (χ3n) is 4.44. The summed E-state index contributed by atoms with van der Waals surface area (Å²) in [6.07, 6.45) is -0.869. The van der Waals surface area contributed by atoms with Gasteiger partial charge in [0.05, 0.1) is 26.4 Å². The van der Waals surface area contributed by atoms with Crippen LogP contribution in [0.1, 0.15) is 39.7 Å². The highest BCUT2D eigenvalue weighted by molar-refractivity contribution is 5.69. The highest BCUT2D eigenvalue weighted by Crippen LogP contribution is 2.24. The number of ether oxygens (including phenoxy) is 3. The smallest absolute Gasteiger partial charge is 0.306 e. The molecule has 0 amide bonds. The summed E-state index contributed by atoms with van der Waals surface area (Å²) in [6, 6.07) is 7.67. The molecule has 146 valence electrons. The molecular weight excluding hydrogens is 332 g/mol. The Balaban J connectivity index is 2.54. The molecule has 0 unspecified atom stereocenters. The van der Waals surface area contributed by atoms with Gasteiger partial charge in [0.1, 0.15) is 11.9 Å². The molecule has 26 heavy (non-hydrogen) atoms. The van der Waals surface area contributed by atoms with Crippen molar-refractivity contribution in [3.63, 3.8) is 0 Å². The first kappa shape index (κ1) is 22.2. The Morgan fingerprint density at radius 2 is 1.85 bits per heavy atom. The van der Waals surface area contributed by atoms with Gasteiger partial charge in [-0.2, -0.15) is 0 Å². The minimum Gasteiger partial charge on any atom is -0.497 e. The van der Waals surface area contributed by atoms with E-state index in [4.69, 9.17) is 14.2 Å². The second kappa shape index (κ2) is 11.0. The number of aliphatic hydroxyl groups excluding tert-OH is 1. The van der Waals surface area contributed by atoms with E-state index in [0.717, 1.165) is 16.9 Å². The molecule has 1 rings (SSSR count). The van der Waals surface area contributed by atoms with Crippen LogP contribution in [0.2, 0.25) is 0 Å². The summed E-state index contributed by atoms with van der Waals surface area (Å²) in [7, 11) is 1.63. The number of esters is 1. The van der Waals surface area contributed by atoms with E-state index in [0.29, 0.717) is 19.6 Å². The average molecular weight is 364 g/mol. The molecular formula is C21H32O5. The van der Waals surface area contributed by atoms with Crippen molar-refractivity contribution in [3.8, 4) is 5.75 Å². The Bertz CT molecular complexity index is 566. The van der Waals surface area contributed by atoms with Crippen LogP contribution in [0.3, 0.4) is 0 Å². The minimum absolute atomic E-state index is 0.106. The number of benzene rings is 1. The molecule has 0 radical (unpaired) electrons. The normalized spacial score (nSPS) is 15.6. The van der Waals surface area contributed by atoms with Gasteiger partial charge in [0.25, 0.3) is 0 Å². The van der Waals surface area contributed by atoms with E-state index >= 15 is 0 Å². The number of methoxy groups -OCH3 is 1. The van der Waals surface area contributed by atoms with Crippen molar-refractivity contribution in [2.45, 2.75) is 52.9 Å². The molecule has 0 aliphatic heterocycles. The number of carbonyl (C=O) groups is 1. The number of carbonyl (C=O) groups excluding carboxylic acids is 1. The van der Waals surface area contributed by atoms with Crippen LogP contribution in [-0.2, 0) is 20.9 Å². The van der Waals surface area contributed by atoms with Crippen LogP contribution in [0.5, 0.6) is 5.75 Å². The van der Waals surface area contributed by atoms with E-state index in [9.17, 15) is 9.90 Å². The number of aliphatic hydroxyl groups is 1. The molecule has 0 heterocycles. The summed E-state index contributed by atoms with van der Waals surface area (Å²) in [5.41, 5.74) is 1.77. The van der Waals surface area contributed by atoms with Gasteiger partial charge >= 0.3 is 5.97 Å². The van der Waals surface area contributed by atoms with Crippen LogP contribution in [0, 0.1) is 11.8 Å². The van der Waals surface area contributed by atoms with E-state index in [1.807, 2.05) is 45.0 Å². The molecule has 0 bridgehead atoms. The Kier molecular flexibility index (Phi) is 9.38. The average Bonchev–Trinajstić information content (AvgIpc) is 2.64. The minimum atomic E-state index is -0.669. The predicted molar refractivity (Wildman–Crippen MR) is 102 cm³/mol. The summed E-state index contributed by atoms with van der Waals surface area (Å²) >= 11 is 0. The van der Waals surface area contributed by atoms with E-state index < -0.39 is 12.2 Å². The third-order valence-corrected chi connectivity index (χ3v) is 4.44. The Hall–Kier alpha value is -1.85. The maximum atomic E-state index is 11.6.